The second-order valence-electron chi connectivity index (χ2n) is 3.96. The molecule has 0 aliphatic rings. The summed E-state index contributed by atoms with van der Waals surface area (Å²) in [5.74, 6) is 0.542. The van der Waals surface area contributed by atoms with Crippen LogP contribution in [0, 0.1) is 13.8 Å². The van der Waals surface area contributed by atoms with Gasteiger partial charge in [-0.05, 0) is 25.5 Å². The molecule has 1 aromatic carbocycles. The maximum Gasteiger partial charge on any atom is 0.417 e. The Morgan fingerprint density at radius 2 is 1.67 bits per heavy atom. The third-order valence-electron chi connectivity index (χ3n) is 2.62. The van der Waals surface area contributed by atoms with Crippen molar-refractivity contribution in [2.75, 3.05) is 0 Å². The number of aryl methyl sites for hydroxylation is 2. The average molecular weight is 252 g/mol. The molecule has 0 amide bonds. The van der Waals surface area contributed by atoms with E-state index in [-0.39, 0.29) is 5.56 Å². The molecule has 5 heteroatoms. The molecule has 0 aliphatic carbocycles. The molecule has 0 aliphatic heterocycles. The van der Waals surface area contributed by atoms with Crippen LogP contribution in [0.25, 0.3) is 11.1 Å². The van der Waals surface area contributed by atoms with Gasteiger partial charge in [0.1, 0.15) is 5.82 Å². The topological polar surface area (TPSA) is 25.8 Å². The summed E-state index contributed by atoms with van der Waals surface area (Å²) in [7, 11) is 0. The van der Waals surface area contributed by atoms with E-state index in [1.54, 1.807) is 19.9 Å². The van der Waals surface area contributed by atoms with Gasteiger partial charge in [0, 0.05) is 17.5 Å². The molecule has 0 spiro atoms. The van der Waals surface area contributed by atoms with Crippen LogP contribution in [-0.4, -0.2) is 9.97 Å². The van der Waals surface area contributed by atoms with Crippen LogP contribution in [0.3, 0.4) is 0 Å². The van der Waals surface area contributed by atoms with Crippen molar-refractivity contribution in [2.24, 2.45) is 0 Å². The molecular weight excluding hydrogens is 241 g/mol. The number of hydrogen-bond donors (Lipinski definition) is 0. The predicted octanol–water partition coefficient (Wildman–Crippen LogP) is 3.78. The Morgan fingerprint density at radius 3 is 2.28 bits per heavy atom. The van der Waals surface area contributed by atoms with E-state index in [0.29, 0.717) is 17.1 Å². The lowest BCUT2D eigenvalue weighted by Crippen LogP contribution is -2.08. The zero-order valence-electron chi connectivity index (χ0n) is 9.92. The highest BCUT2D eigenvalue weighted by molar-refractivity contribution is 5.69. The molecule has 2 nitrogen and oxygen atoms in total. The molecule has 18 heavy (non-hydrogen) atoms. The summed E-state index contributed by atoms with van der Waals surface area (Å²) in [4.78, 5) is 8.06. The van der Waals surface area contributed by atoms with Gasteiger partial charge in [0.2, 0.25) is 0 Å². The first kappa shape index (κ1) is 12.5. The van der Waals surface area contributed by atoms with Crippen LogP contribution >= 0.6 is 0 Å². The molecule has 0 radical (unpaired) electrons. The molecule has 2 aromatic rings. The van der Waals surface area contributed by atoms with Gasteiger partial charge in [-0.2, -0.15) is 13.2 Å². The van der Waals surface area contributed by atoms with E-state index >= 15 is 0 Å². The molecule has 0 atom stereocenters. The van der Waals surface area contributed by atoms with Crippen molar-refractivity contribution in [3.63, 3.8) is 0 Å². The zero-order chi connectivity index (χ0) is 13.3. The van der Waals surface area contributed by atoms with Crippen molar-refractivity contribution in [3.05, 3.63) is 47.5 Å². The van der Waals surface area contributed by atoms with Crippen LogP contribution in [0.15, 0.2) is 30.5 Å². The Balaban J connectivity index is 2.64. The maximum absolute atomic E-state index is 12.9. The summed E-state index contributed by atoms with van der Waals surface area (Å²) in [6.07, 6.45) is -2.95. The van der Waals surface area contributed by atoms with E-state index in [2.05, 4.69) is 9.97 Å². The van der Waals surface area contributed by atoms with Crippen LogP contribution in [0.1, 0.15) is 17.1 Å². The molecule has 0 fully saturated rings. The first-order chi connectivity index (χ1) is 8.39. The monoisotopic (exact) mass is 252 g/mol. The zero-order valence-corrected chi connectivity index (χ0v) is 9.92. The van der Waals surface area contributed by atoms with E-state index in [9.17, 15) is 13.2 Å². The van der Waals surface area contributed by atoms with Gasteiger partial charge in [-0.1, -0.05) is 18.2 Å². The summed E-state index contributed by atoms with van der Waals surface area (Å²) >= 11 is 0. The van der Waals surface area contributed by atoms with Crippen LogP contribution < -0.4 is 0 Å². The largest absolute Gasteiger partial charge is 0.417 e. The van der Waals surface area contributed by atoms with Gasteiger partial charge in [0.15, 0.2) is 0 Å². The van der Waals surface area contributed by atoms with E-state index in [4.69, 9.17) is 0 Å². The number of halogens is 3. The number of rotatable bonds is 1. The summed E-state index contributed by atoms with van der Waals surface area (Å²) in [5.41, 5.74) is 0.399. The lowest BCUT2D eigenvalue weighted by molar-refractivity contribution is -0.137. The van der Waals surface area contributed by atoms with Gasteiger partial charge >= 0.3 is 6.18 Å². The normalized spacial score (nSPS) is 11.6. The van der Waals surface area contributed by atoms with E-state index in [1.807, 2.05) is 0 Å². The molecule has 1 heterocycles. The summed E-state index contributed by atoms with van der Waals surface area (Å²) in [6.45, 7) is 3.38. The number of benzene rings is 1. The smallest absolute Gasteiger partial charge is 0.241 e. The highest BCUT2D eigenvalue weighted by Crippen LogP contribution is 2.37. The van der Waals surface area contributed by atoms with Gasteiger partial charge < -0.3 is 0 Å². The molecule has 0 N–H and O–H groups in total. The Kier molecular flexibility index (Phi) is 3.07. The third kappa shape index (κ3) is 2.34. The lowest BCUT2D eigenvalue weighted by Gasteiger charge is -2.13. The SMILES string of the molecule is Cc1ncc(-c2ccccc2C(F)(F)F)c(C)n1. The number of alkyl halides is 3. The van der Waals surface area contributed by atoms with Crippen LogP contribution in [0.5, 0.6) is 0 Å². The average Bonchev–Trinajstić information content (AvgIpc) is 2.28. The van der Waals surface area contributed by atoms with Crippen LogP contribution in [-0.2, 0) is 6.18 Å². The molecule has 0 saturated carbocycles. The van der Waals surface area contributed by atoms with E-state index in [0.717, 1.165) is 6.07 Å². The van der Waals surface area contributed by atoms with Crippen molar-refractivity contribution in [1.29, 1.82) is 0 Å². The summed E-state index contributed by atoms with van der Waals surface area (Å²) in [6, 6.07) is 5.44. The number of nitrogens with zero attached hydrogens (tertiary/aromatic N) is 2. The van der Waals surface area contributed by atoms with Crippen LogP contribution in [0.2, 0.25) is 0 Å². The minimum absolute atomic E-state index is 0.113. The number of aromatic nitrogens is 2. The Labute approximate surface area is 103 Å². The van der Waals surface area contributed by atoms with Gasteiger partial charge in [-0.25, -0.2) is 9.97 Å². The fourth-order valence-corrected chi connectivity index (χ4v) is 1.81. The standard InChI is InChI=1S/C13H11F3N2/c1-8-11(7-17-9(2)18-8)10-5-3-4-6-12(10)13(14,15)16/h3-7H,1-2H3. The third-order valence-corrected chi connectivity index (χ3v) is 2.62. The quantitative estimate of drug-likeness (QED) is 0.771. The molecule has 1 aromatic heterocycles. The van der Waals surface area contributed by atoms with Crippen molar-refractivity contribution in [1.82, 2.24) is 9.97 Å². The number of hydrogen-bond acceptors (Lipinski definition) is 2. The predicted molar refractivity (Wildman–Crippen MR) is 61.9 cm³/mol. The maximum atomic E-state index is 12.9. The minimum atomic E-state index is -4.38. The van der Waals surface area contributed by atoms with Crippen molar-refractivity contribution < 1.29 is 13.2 Å². The molecule has 0 bridgehead atoms. The highest BCUT2D eigenvalue weighted by Gasteiger charge is 2.33. The Morgan fingerprint density at radius 1 is 1.00 bits per heavy atom. The van der Waals surface area contributed by atoms with Crippen LogP contribution in [0.4, 0.5) is 13.2 Å². The van der Waals surface area contributed by atoms with E-state index in [1.165, 1.54) is 18.3 Å². The van der Waals surface area contributed by atoms with Gasteiger partial charge in [-0.3, -0.25) is 0 Å². The molecule has 0 unspecified atom stereocenters. The van der Waals surface area contributed by atoms with Gasteiger partial charge in [0.05, 0.1) is 5.56 Å². The van der Waals surface area contributed by atoms with Crippen molar-refractivity contribution in [3.8, 4) is 11.1 Å². The molecule has 0 saturated heterocycles. The second-order valence-corrected chi connectivity index (χ2v) is 3.96. The first-order valence-electron chi connectivity index (χ1n) is 5.36. The van der Waals surface area contributed by atoms with Crippen molar-refractivity contribution in [2.45, 2.75) is 20.0 Å². The van der Waals surface area contributed by atoms with Gasteiger partial charge in [0.25, 0.3) is 0 Å². The summed E-state index contributed by atoms with van der Waals surface area (Å²) in [5, 5.41) is 0. The fraction of sp³-hybridized carbons (Fsp3) is 0.231. The molecule has 2 rings (SSSR count). The fourth-order valence-electron chi connectivity index (χ4n) is 1.81. The summed E-state index contributed by atoms with van der Waals surface area (Å²) < 4.78 is 38.7. The Hall–Kier alpha value is -1.91. The first-order valence-corrected chi connectivity index (χ1v) is 5.36. The highest BCUT2D eigenvalue weighted by atomic mass is 19.4. The second kappa shape index (κ2) is 4.40. The molecular formula is C13H11F3N2. The van der Waals surface area contributed by atoms with E-state index < -0.39 is 11.7 Å². The minimum Gasteiger partial charge on any atom is -0.241 e. The Bertz CT molecular complexity index is 577. The molecule has 94 valence electrons. The lowest BCUT2D eigenvalue weighted by atomic mass is 9.99. The van der Waals surface area contributed by atoms with Gasteiger partial charge in [-0.15, -0.1) is 0 Å². The van der Waals surface area contributed by atoms with Crippen molar-refractivity contribution >= 4 is 0 Å².